The smallest absolute Gasteiger partial charge is 0.283 e. The largest absolute Gasteiger partial charge is 0.489 e. The number of hydrogen-bond acceptors (Lipinski definition) is 5. The third kappa shape index (κ3) is 5.97. The number of rotatable bonds is 8. The zero-order valence-corrected chi connectivity index (χ0v) is 22.9. The number of nitrogens with zero attached hydrogens (tertiary/aromatic N) is 1. The van der Waals surface area contributed by atoms with E-state index in [0.717, 1.165) is 10.5 Å². The van der Waals surface area contributed by atoms with E-state index in [0.29, 0.717) is 29.3 Å². The minimum atomic E-state index is -0.694. The Morgan fingerprint density at radius 2 is 1.43 bits per heavy atom. The molecule has 4 aromatic carbocycles. The van der Waals surface area contributed by atoms with E-state index in [-0.39, 0.29) is 32.4 Å². The monoisotopic (exact) mass is 591 g/mol. The van der Waals surface area contributed by atoms with Crippen LogP contribution in [0.15, 0.2) is 108 Å². The van der Waals surface area contributed by atoms with Crippen molar-refractivity contribution in [3.63, 3.8) is 0 Å². The Balaban J connectivity index is 1.20. The molecule has 0 bridgehead atoms. The van der Waals surface area contributed by atoms with Gasteiger partial charge in [-0.1, -0.05) is 65.1 Å². The van der Waals surface area contributed by atoms with Gasteiger partial charge in [-0.15, -0.1) is 0 Å². The zero-order chi connectivity index (χ0) is 28.2. The predicted octanol–water partition coefficient (Wildman–Crippen LogP) is 7.26. The van der Waals surface area contributed by atoms with Crippen molar-refractivity contribution >= 4 is 69.6 Å². The molecule has 0 fully saturated rings. The average molecular weight is 593 g/mol. The molecule has 0 aromatic heterocycles. The molecule has 1 aliphatic heterocycles. The molecule has 40 heavy (non-hydrogen) atoms. The Morgan fingerprint density at radius 3 is 2.10 bits per heavy atom. The molecule has 0 radical (unpaired) electrons. The first-order chi connectivity index (χ1) is 19.3. The third-order valence-electron chi connectivity index (χ3n) is 5.97. The SMILES string of the molecule is O=C(Nc1ccc(OCc2ccccc2)cc1)c1ccc(NC2=C(Cl)C(=O)N(c3ccc(Cl)c(Cl)c3)C2=O)cc1. The predicted molar refractivity (Wildman–Crippen MR) is 157 cm³/mol. The summed E-state index contributed by atoms with van der Waals surface area (Å²) in [7, 11) is 0. The molecule has 5 rings (SSSR count). The van der Waals surface area contributed by atoms with Crippen molar-refractivity contribution < 1.29 is 19.1 Å². The number of halogens is 3. The molecule has 2 N–H and O–H groups in total. The lowest BCUT2D eigenvalue weighted by molar-refractivity contribution is -0.120. The lowest BCUT2D eigenvalue weighted by Crippen LogP contribution is -2.32. The summed E-state index contributed by atoms with van der Waals surface area (Å²) in [5.41, 5.74) is 2.66. The van der Waals surface area contributed by atoms with Gasteiger partial charge < -0.3 is 15.4 Å². The standard InChI is InChI=1S/C30H20Cl3N3O4/c31-24-15-12-22(16-25(24)32)36-29(38)26(33)27(30(36)39)34-20-8-6-19(7-9-20)28(37)35-21-10-13-23(14-11-21)40-17-18-4-2-1-3-5-18/h1-16,34H,17H2,(H,35,37). The van der Waals surface area contributed by atoms with Crippen LogP contribution in [0.2, 0.25) is 10.0 Å². The van der Waals surface area contributed by atoms with Gasteiger partial charge in [-0.25, -0.2) is 4.90 Å². The van der Waals surface area contributed by atoms with Crippen molar-refractivity contribution in [2.24, 2.45) is 0 Å². The number of hydrogen-bond donors (Lipinski definition) is 2. The number of carbonyl (C=O) groups is 3. The van der Waals surface area contributed by atoms with E-state index in [1.807, 2.05) is 30.3 Å². The van der Waals surface area contributed by atoms with Crippen molar-refractivity contribution in [1.82, 2.24) is 0 Å². The molecule has 0 saturated carbocycles. The van der Waals surface area contributed by atoms with Gasteiger partial charge in [0.25, 0.3) is 17.7 Å². The highest BCUT2D eigenvalue weighted by atomic mass is 35.5. The fourth-order valence-electron chi connectivity index (χ4n) is 3.90. The quantitative estimate of drug-likeness (QED) is 0.210. The summed E-state index contributed by atoms with van der Waals surface area (Å²) in [6, 6.07) is 27.7. The lowest BCUT2D eigenvalue weighted by Gasteiger charge is -2.15. The lowest BCUT2D eigenvalue weighted by atomic mass is 10.2. The van der Waals surface area contributed by atoms with Crippen molar-refractivity contribution in [3.8, 4) is 5.75 Å². The van der Waals surface area contributed by atoms with Gasteiger partial charge in [-0.05, 0) is 72.3 Å². The van der Waals surface area contributed by atoms with Crippen molar-refractivity contribution in [2.45, 2.75) is 6.61 Å². The molecule has 4 aromatic rings. The minimum absolute atomic E-state index is 0.0930. The number of benzene rings is 4. The van der Waals surface area contributed by atoms with E-state index in [4.69, 9.17) is 39.5 Å². The van der Waals surface area contributed by atoms with Gasteiger partial charge in [-0.2, -0.15) is 0 Å². The van der Waals surface area contributed by atoms with Crippen LogP contribution in [0.1, 0.15) is 15.9 Å². The van der Waals surface area contributed by atoms with Gasteiger partial charge in [0.1, 0.15) is 23.1 Å². The highest BCUT2D eigenvalue weighted by molar-refractivity contribution is 6.53. The minimum Gasteiger partial charge on any atom is -0.489 e. The van der Waals surface area contributed by atoms with Crippen molar-refractivity contribution in [2.75, 3.05) is 15.5 Å². The average Bonchev–Trinajstić information content (AvgIpc) is 3.18. The molecule has 7 nitrogen and oxygen atoms in total. The molecule has 0 aliphatic carbocycles. The Labute approximate surface area is 244 Å². The van der Waals surface area contributed by atoms with Crippen LogP contribution < -0.4 is 20.3 Å². The number of carbonyl (C=O) groups excluding carboxylic acids is 3. The van der Waals surface area contributed by atoms with E-state index >= 15 is 0 Å². The van der Waals surface area contributed by atoms with Crippen LogP contribution in [0.4, 0.5) is 17.1 Å². The number of anilines is 3. The van der Waals surface area contributed by atoms with Crippen LogP contribution in [0.3, 0.4) is 0 Å². The van der Waals surface area contributed by atoms with Gasteiger partial charge >= 0.3 is 0 Å². The van der Waals surface area contributed by atoms with Crippen LogP contribution in [0, 0.1) is 0 Å². The maximum Gasteiger partial charge on any atom is 0.283 e. The Hall–Kier alpha value is -4.30. The van der Waals surface area contributed by atoms with E-state index in [1.165, 1.54) is 18.2 Å². The molecule has 0 unspecified atom stereocenters. The summed E-state index contributed by atoms with van der Waals surface area (Å²) in [6.07, 6.45) is 0. The van der Waals surface area contributed by atoms with Gasteiger partial charge in [0.15, 0.2) is 0 Å². The van der Waals surface area contributed by atoms with E-state index in [9.17, 15) is 14.4 Å². The summed E-state index contributed by atoms with van der Waals surface area (Å²) in [4.78, 5) is 39.3. The highest BCUT2D eigenvalue weighted by Crippen LogP contribution is 2.33. The van der Waals surface area contributed by atoms with E-state index in [1.54, 1.807) is 48.5 Å². The summed E-state index contributed by atoms with van der Waals surface area (Å²) >= 11 is 18.2. The first-order valence-electron chi connectivity index (χ1n) is 12.0. The fraction of sp³-hybridized carbons (Fsp3) is 0.0333. The van der Waals surface area contributed by atoms with Gasteiger partial charge in [-0.3, -0.25) is 14.4 Å². The molecule has 0 spiro atoms. The van der Waals surface area contributed by atoms with Crippen molar-refractivity contribution in [1.29, 1.82) is 0 Å². The number of ether oxygens (including phenoxy) is 1. The molecule has 3 amide bonds. The fourth-order valence-corrected chi connectivity index (χ4v) is 4.40. The molecule has 0 saturated heterocycles. The topological polar surface area (TPSA) is 87.7 Å². The number of amides is 3. The second-order valence-electron chi connectivity index (χ2n) is 8.69. The molecule has 0 atom stereocenters. The van der Waals surface area contributed by atoms with Crippen LogP contribution >= 0.6 is 34.8 Å². The van der Waals surface area contributed by atoms with Crippen LogP contribution in [-0.4, -0.2) is 17.7 Å². The summed E-state index contributed by atoms with van der Waals surface area (Å²) in [5, 5.41) is 5.92. The summed E-state index contributed by atoms with van der Waals surface area (Å²) < 4.78 is 5.78. The first kappa shape index (κ1) is 27.3. The van der Waals surface area contributed by atoms with Crippen LogP contribution in [-0.2, 0) is 16.2 Å². The Kier molecular flexibility index (Phi) is 8.07. The zero-order valence-electron chi connectivity index (χ0n) is 20.7. The summed E-state index contributed by atoms with van der Waals surface area (Å²) in [6.45, 7) is 0.447. The second-order valence-corrected chi connectivity index (χ2v) is 9.88. The molecule has 10 heteroatoms. The van der Waals surface area contributed by atoms with Gasteiger partial charge in [0.2, 0.25) is 0 Å². The molecule has 1 aliphatic rings. The highest BCUT2D eigenvalue weighted by Gasteiger charge is 2.39. The van der Waals surface area contributed by atoms with E-state index in [2.05, 4.69) is 10.6 Å². The maximum absolute atomic E-state index is 13.0. The first-order valence-corrected chi connectivity index (χ1v) is 13.1. The van der Waals surface area contributed by atoms with Gasteiger partial charge in [0.05, 0.1) is 15.7 Å². The third-order valence-corrected chi connectivity index (χ3v) is 7.06. The molecule has 200 valence electrons. The maximum atomic E-state index is 13.0. The normalized spacial score (nSPS) is 13.0. The molecular formula is C30H20Cl3N3O4. The van der Waals surface area contributed by atoms with Gasteiger partial charge in [0, 0.05) is 16.9 Å². The Morgan fingerprint density at radius 1 is 0.750 bits per heavy atom. The second kappa shape index (κ2) is 11.8. The van der Waals surface area contributed by atoms with Crippen LogP contribution in [0.5, 0.6) is 5.75 Å². The van der Waals surface area contributed by atoms with E-state index < -0.39 is 11.8 Å². The molecule has 1 heterocycles. The molecular weight excluding hydrogens is 573 g/mol. The number of imide groups is 1. The van der Waals surface area contributed by atoms with Crippen molar-refractivity contribution in [3.05, 3.63) is 129 Å². The summed E-state index contributed by atoms with van der Waals surface area (Å²) in [5.74, 6) is -0.978. The number of nitrogens with one attached hydrogen (secondary N) is 2. The van der Waals surface area contributed by atoms with Crippen LogP contribution in [0.25, 0.3) is 0 Å². The Bertz CT molecular complexity index is 1620.